The van der Waals surface area contributed by atoms with Crippen LogP contribution in [0.3, 0.4) is 0 Å². The van der Waals surface area contributed by atoms with Crippen LogP contribution in [0.4, 0.5) is 11.4 Å². The summed E-state index contributed by atoms with van der Waals surface area (Å²) in [5.41, 5.74) is 17.7. The molecule has 4 heterocycles. The van der Waals surface area contributed by atoms with Gasteiger partial charge in [-0.1, -0.05) is 138 Å². The number of fused-ring (bicyclic) bond motifs is 11. The minimum atomic E-state index is -0.0254. The number of aryl methyl sites for hydroxylation is 1. The highest BCUT2D eigenvalue weighted by atomic mass is 32.1. The average Bonchev–Trinajstić information content (AvgIpc) is 3.97. The Morgan fingerprint density at radius 2 is 1.25 bits per heavy atom. The minimum Gasteiger partial charge on any atom is -0.456 e. The summed E-state index contributed by atoms with van der Waals surface area (Å²) in [6, 6.07) is 69.2. The van der Waals surface area contributed by atoms with Crippen molar-refractivity contribution in [1.82, 2.24) is 4.57 Å². The van der Waals surface area contributed by atoms with Gasteiger partial charge in [0.15, 0.2) is 7.28 Å². The SMILES string of the molecule is Cc1ccc(Nc2cc3c(cc2-c2cc(C(c4ccccc4)c4ccccc4)c4c5ccccc5n5c4c2Bc2cc4sc6ccccc6c4cc2-5)oc2ccccc23)cc1. The quantitative estimate of drug-likeness (QED) is 0.134. The molecule has 0 aliphatic carbocycles. The summed E-state index contributed by atoms with van der Waals surface area (Å²) in [5, 5.41) is 11.4. The van der Waals surface area contributed by atoms with E-state index in [1.807, 2.05) is 11.3 Å². The summed E-state index contributed by atoms with van der Waals surface area (Å²) in [4.78, 5) is 0. The number of rotatable bonds is 6. The Kier molecular flexibility index (Phi) is 7.55. The molecule has 0 saturated heterocycles. The average molecular weight is 797 g/mol. The van der Waals surface area contributed by atoms with E-state index in [9.17, 15) is 0 Å². The Morgan fingerprint density at radius 1 is 0.557 bits per heavy atom. The van der Waals surface area contributed by atoms with E-state index in [0.29, 0.717) is 0 Å². The van der Waals surface area contributed by atoms with Crippen LogP contribution >= 0.6 is 11.3 Å². The first-order chi connectivity index (χ1) is 30.1. The molecule has 1 aliphatic heterocycles. The van der Waals surface area contributed by atoms with Gasteiger partial charge in [-0.25, -0.2) is 0 Å². The predicted octanol–water partition coefficient (Wildman–Crippen LogP) is 13.7. The van der Waals surface area contributed by atoms with Gasteiger partial charge < -0.3 is 14.3 Å². The highest BCUT2D eigenvalue weighted by Gasteiger charge is 2.32. The summed E-state index contributed by atoms with van der Waals surface area (Å²) in [5.74, 6) is -0.0254. The molecule has 61 heavy (non-hydrogen) atoms. The number of nitrogens with one attached hydrogen (secondary N) is 1. The Labute approximate surface area is 357 Å². The molecule has 0 saturated carbocycles. The van der Waals surface area contributed by atoms with Crippen molar-refractivity contribution in [3.63, 3.8) is 0 Å². The van der Waals surface area contributed by atoms with Crippen molar-refractivity contribution >= 4 is 105 Å². The van der Waals surface area contributed by atoms with Crippen LogP contribution in [0.1, 0.15) is 28.2 Å². The van der Waals surface area contributed by atoms with Crippen LogP contribution in [0.5, 0.6) is 0 Å². The molecule has 3 aromatic heterocycles. The topological polar surface area (TPSA) is 30.1 Å². The van der Waals surface area contributed by atoms with Gasteiger partial charge in [0.25, 0.3) is 0 Å². The molecule has 12 aromatic rings. The summed E-state index contributed by atoms with van der Waals surface area (Å²) in [6.07, 6.45) is 0. The second kappa shape index (κ2) is 13.3. The lowest BCUT2D eigenvalue weighted by Gasteiger charge is -2.27. The molecule has 0 amide bonds. The highest BCUT2D eigenvalue weighted by molar-refractivity contribution is 7.26. The maximum absolute atomic E-state index is 6.70. The van der Waals surface area contributed by atoms with Crippen molar-refractivity contribution in [2.45, 2.75) is 12.8 Å². The van der Waals surface area contributed by atoms with Crippen LogP contribution in [0.25, 0.3) is 80.7 Å². The van der Waals surface area contributed by atoms with Crippen LogP contribution in [-0.4, -0.2) is 11.8 Å². The van der Waals surface area contributed by atoms with E-state index >= 15 is 0 Å². The molecule has 9 aromatic carbocycles. The van der Waals surface area contributed by atoms with Gasteiger partial charge in [-0.15, -0.1) is 11.3 Å². The van der Waals surface area contributed by atoms with Crippen LogP contribution < -0.4 is 16.2 Å². The first-order valence-corrected chi connectivity index (χ1v) is 21.9. The lowest BCUT2D eigenvalue weighted by molar-refractivity contribution is 0.669. The van der Waals surface area contributed by atoms with Crippen LogP contribution in [0.15, 0.2) is 192 Å². The molecule has 0 bridgehead atoms. The third kappa shape index (κ3) is 5.30. The van der Waals surface area contributed by atoms with Gasteiger partial charge in [-0.2, -0.15) is 0 Å². The van der Waals surface area contributed by atoms with Crippen LogP contribution in [-0.2, 0) is 0 Å². The number of hydrogen-bond acceptors (Lipinski definition) is 3. The fourth-order valence-corrected chi connectivity index (χ4v) is 11.4. The molecule has 286 valence electrons. The van der Waals surface area contributed by atoms with Crippen molar-refractivity contribution in [3.8, 4) is 16.8 Å². The molecule has 1 N–H and O–H groups in total. The van der Waals surface area contributed by atoms with Gasteiger partial charge in [-0.05, 0) is 95.3 Å². The second-order valence-corrected chi connectivity index (χ2v) is 17.6. The third-order valence-corrected chi connectivity index (χ3v) is 14.1. The largest absolute Gasteiger partial charge is 0.456 e. The van der Waals surface area contributed by atoms with E-state index in [2.05, 4.69) is 205 Å². The van der Waals surface area contributed by atoms with E-state index in [1.165, 1.54) is 86.4 Å². The molecule has 0 atom stereocenters. The molecular formula is C56H37BN2OS. The normalized spacial score (nSPS) is 12.3. The van der Waals surface area contributed by atoms with E-state index in [-0.39, 0.29) is 5.92 Å². The van der Waals surface area contributed by atoms with Gasteiger partial charge >= 0.3 is 0 Å². The molecule has 0 fully saturated rings. The maximum Gasteiger partial charge on any atom is 0.198 e. The number of benzene rings is 9. The van der Waals surface area contributed by atoms with Crippen LogP contribution in [0, 0.1) is 6.92 Å². The molecule has 0 spiro atoms. The van der Waals surface area contributed by atoms with Crippen molar-refractivity contribution in [2.75, 3.05) is 5.32 Å². The summed E-state index contributed by atoms with van der Waals surface area (Å²) in [7, 11) is 0.797. The molecule has 0 unspecified atom stereocenters. The second-order valence-electron chi connectivity index (χ2n) is 16.6. The third-order valence-electron chi connectivity index (χ3n) is 13.0. The number of anilines is 2. The zero-order valence-corrected chi connectivity index (χ0v) is 34.3. The number of para-hydroxylation sites is 2. The minimum absolute atomic E-state index is 0.0254. The Balaban J connectivity index is 1.19. The summed E-state index contributed by atoms with van der Waals surface area (Å²) in [6.45, 7) is 2.14. The monoisotopic (exact) mass is 796 g/mol. The van der Waals surface area contributed by atoms with E-state index in [1.54, 1.807) is 0 Å². The Morgan fingerprint density at radius 3 is 2.03 bits per heavy atom. The summed E-state index contributed by atoms with van der Waals surface area (Å²) >= 11 is 1.89. The van der Waals surface area contributed by atoms with Gasteiger partial charge in [0.2, 0.25) is 0 Å². The molecule has 5 heteroatoms. The van der Waals surface area contributed by atoms with E-state index < -0.39 is 0 Å². The number of nitrogens with zero attached hydrogens (tertiary/aromatic N) is 1. The fourth-order valence-electron chi connectivity index (χ4n) is 10.2. The van der Waals surface area contributed by atoms with Gasteiger partial charge in [0.1, 0.15) is 11.2 Å². The van der Waals surface area contributed by atoms with E-state index in [4.69, 9.17) is 4.42 Å². The first kappa shape index (κ1) is 34.5. The molecule has 3 nitrogen and oxygen atoms in total. The number of furan rings is 1. The number of aromatic nitrogens is 1. The van der Waals surface area contributed by atoms with E-state index in [0.717, 1.165) is 46.2 Å². The van der Waals surface area contributed by atoms with Crippen molar-refractivity contribution in [3.05, 3.63) is 210 Å². The Hall–Kier alpha value is -7.34. The molecular weight excluding hydrogens is 760 g/mol. The Bertz CT molecular complexity index is 3670. The lowest BCUT2D eigenvalue weighted by Crippen LogP contribution is -2.37. The van der Waals surface area contributed by atoms with Crippen molar-refractivity contribution in [2.24, 2.45) is 0 Å². The van der Waals surface area contributed by atoms with Crippen molar-refractivity contribution < 1.29 is 4.42 Å². The lowest BCUT2D eigenvalue weighted by atomic mass is 9.58. The van der Waals surface area contributed by atoms with Gasteiger partial charge in [-0.3, -0.25) is 0 Å². The van der Waals surface area contributed by atoms with Gasteiger partial charge in [0, 0.05) is 75.8 Å². The van der Waals surface area contributed by atoms with Crippen LogP contribution in [0.2, 0.25) is 0 Å². The fraction of sp³-hybridized carbons (Fsp3) is 0.0357. The smallest absolute Gasteiger partial charge is 0.198 e. The number of hydrogen-bond donors (Lipinski definition) is 1. The standard InChI is InChI=1S/C56H37BN2OS/c1-33-24-26-36(27-25-33)58-46-29-41-37-18-9-12-22-49(37)60-50(41)31-40(46)43-28-44(53(34-14-4-2-5-15-34)35-16-6-3-7-17-35)54-39-20-8-11-21-47(39)59-48-30-42-38-19-10-13-23-51(38)61-52(42)32-45(48)57-55(43)56(54)59/h2-32,53,57-58H,1H3. The first-order valence-electron chi connectivity index (χ1n) is 21.1. The molecule has 0 radical (unpaired) electrons. The predicted molar refractivity (Wildman–Crippen MR) is 261 cm³/mol. The molecule has 1 aliphatic rings. The molecule has 13 rings (SSSR count). The number of thiophene rings is 1. The van der Waals surface area contributed by atoms with Gasteiger partial charge in [0.05, 0.1) is 5.52 Å². The zero-order valence-electron chi connectivity index (χ0n) is 33.4. The summed E-state index contributed by atoms with van der Waals surface area (Å²) < 4.78 is 11.9. The maximum atomic E-state index is 6.70. The highest BCUT2D eigenvalue weighted by Crippen LogP contribution is 2.47. The van der Waals surface area contributed by atoms with Crippen molar-refractivity contribution in [1.29, 1.82) is 0 Å². The zero-order chi connectivity index (χ0) is 40.2.